The Kier molecular flexibility index (Phi) is 5.81. The van der Waals surface area contributed by atoms with Gasteiger partial charge in [-0.3, -0.25) is 4.72 Å². The first-order valence-corrected chi connectivity index (χ1v) is 7.29. The molecule has 0 heterocycles. The van der Waals surface area contributed by atoms with E-state index in [9.17, 15) is 21.6 Å². The van der Waals surface area contributed by atoms with Crippen LogP contribution in [0.4, 0.5) is 18.9 Å². The maximum atomic E-state index is 12.2. The monoisotopic (exact) mass is 328 g/mol. The Morgan fingerprint density at radius 3 is 2.52 bits per heavy atom. The lowest BCUT2D eigenvalue weighted by Gasteiger charge is -2.19. The lowest BCUT2D eigenvalue weighted by Crippen LogP contribution is -2.34. The van der Waals surface area contributed by atoms with E-state index in [0.717, 1.165) is 16.4 Å². The molecule has 0 unspecified atom stereocenters. The van der Waals surface area contributed by atoms with Gasteiger partial charge in [0.05, 0.1) is 5.69 Å². The van der Waals surface area contributed by atoms with Crippen LogP contribution in [0.5, 0.6) is 5.75 Å². The zero-order chi connectivity index (χ0) is 16.1. The fourth-order valence-corrected chi connectivity index (χ4v) is 2.37. The molecular formula is C11H15F3N2O4S. The number of alkyl halides is 3. The predicted molar refractivity (Wildman–Crippen MR) is 70.0 cm³/mol. The molecule has 6 nitrogen and oxygen atoms in total. The molecule has 1 aromatic rings. The first-order valence-electron chi connectivity index (χ1n) is 5.85. The van der Waals surface area contributed by atoms with Gasteiger partial charge in [0, 0.05) is 20.2 Å². The number of para-hydroxylation sites is 2. The molecule has 0 fully saturated rings. The van der Waals surface area contributed by atoms with E-state index >= 15 is 0 Å². The summed E-state index contributed by atoms with van der Waals surface area (Å²) in [7, 11) is -2.80. The summed E-state index contributed by atoms with van der Waals surface area (Å²) in [4.78, 5) is 0. The summed E-state index contributed by atoms with van der Waals surface area (Å²) in [5.41, 5.74) is -0.328. The van der Waals surface area contributed by atoms with Crippen molar-refractivity contribution in [1.29, 1.82) is 0 Å². The summed E-state index contributed by atoms with van der Waals surface area (Å²) in [6.07, 6.45) is -4.72. The SMILES string of the molecule is CN(CCCO)S(=O)(=O)Nc1ccccc1OC(F)(F)F. The van der Waals surface area contributed by atoms with Crippen molar-refractivity contribution in [1.82, 2.24) is 4.31 Å². The molecule has 0 aliphatic rings. The summed E-state index contributed by atoms with van der Waals surface area (Å²) in [6.45, 7) is -0.179. The quantitative estimate of drug-likeness (QED) is 0.796. The summed E-state index contributed by atoms with van der Waals surface area (Å²) < 4.78 is 67.2. The van der Waals surface area contributed by atoms with Crippen LogP contribution in [-0.4, -0.2) is 44.4 Å². The fraction of sp³-hybridized carbons (Fsp3) is 0.455. The largest absolute Gasteiger partial charge is 0.573 e. The first kappa shape index (κ1) is 17.5. The van der Waals surface area contributed by atoms with Crippen molar-refractivity contribution in [2.24, 2.45) is 0 Å². The highest BCUT2D eigenvalue weighted by molar-refractivity contribution is 7.90. The maximum Gasteiger partial charge on any atom is 0.573 e. The summed E-state index contributed by atoms with van der Waals surface area (Å²) in [5.74, 6) is -0.649. The topological polar surface area (TPSA) is 78.9 Å². The van der Waals surface area contributed by atoms with Gasteiger partial charge in [0.25, 0.3) is 0 Å². The van der Waals surface area contributed by atoms with Crippen LogP contribution in [0.25, 0.3) is 0 Å². The summed E-state index contributed by atoms with van der Waals surface area (Å²) >= 11 is 0. The number of aliphatic hydroxyl groups is 1. The molecule has 2 N–H and O–H groups in total. The van der Waals surface area contributed by atoms with Gasteiger partial charge in [-0.1, -0.05) is 12.1 Å². The van der Waals surface area contributed by atoms with Crippen molar-refractivity contribution in [3.05, 3.63) is 24.3 Å². The van der Waals surface area contributed by atoms with Gasteiger partial charge in [-0.05, 0) is 18.6 Å². The normalized spacial score (nSPS) is 12.5. The zero-order valence-electron chi connectivity index (χ0n) is 11.1. The standard InChI is InChI=1S/C11H15F3N2O4S/c1-16(7-4-8-17)21(18,19)15-9-5-2-3-6-10(9)20-11(12,13)14/h2-3,5-6,15,17H,4,7-8H2,1H3. The molecule has 0 radical (unpaired) electrons. The van der Waals surface area contributed by atoms with Gasteiger partial charge >= 0.3 is 16.6 Å². The highest BCUT2D eigenvalue weighted by atomic mass is 32.2. The van der Waals surface area contributed by atoms with E-state index in [1.165, 1.54) is 19.2 Å². The highest BCUT2D eigenvalue weighted by Crippen LogP contribution is 2.30. The third-order valence-corrected chi connectivity index (χ3v) is 3.87. The van der Waals surface area contributed by atoms with Crippen LogP contribution in [0.2, 0.25) is 0 Å². The van der Waals surface area contributed by atoms with Gasteiger partial charge in [0.15, 0.2) is 5.75 Å². The van der Waals surface area contributed by atoms with Crippen LogP contribution in [0, 0.1) is 0 Å². The van der Waals surface area contributed by atoms with E-state index in [1.54, 1.807) is 0 Å². The number of rotatable bonds is 7. The maximum absolute atomic E-state index is 12.2. The van der Waals surface area contributed by atoms with E-state index in [0.29, 0.717) is 0 Å². The Balaban J connectivity index is 2.92. The molecule has 120 valence electrons. The molecular weight excluding hydrogens is 313 g/mol. The second-order valence-corrected chi connectivity index (χ2v) is 5.83. The number of benzene rings is 1. The van der Waals surface area contributed by atoms with Crippen LogP contribution >= 0.6 is 0 Å². The molecule has 0 aliphatic heterocycles. The van der Waals surface area contributed by atoms with E-state index in [2.05, 4.69) is 4.74 Å². The fourth-order valence-electron chi connectivity index (χ4n) is 1.40. The minimum Gasteiger partial charge on any atom is -0.404 e. The smallest absolute Gasteiger partial charge is 0.404 e. The van der Waals surface area contributed by atoms with E-state index in [1.807, 2.05) is 4.72 Å². The van der Waals surface area contributed by atoms with Crippen molar-refractivity contribution in [2.75, 3.05) is 24.9 Å². The second-order valence-electron chi connectivity index (χ2n) is 4.05. The number of aliphatic hydroxyl groups excluding tert-OH is 1. The molecule has 0 saturated heterocycles. The molecule has 0 atom stereocenters. The van der Waals surface area contributed by atoms with Crippen LogP contribution in [-0.2, 0) is 10.2 Å². The Hall–Kier alpha value is -1.52. The number of halogens is 3. The number of hydrogen-bond acceptors (Lipinski definition) is 4. The van der Waals surface area contributed by atoms with E-state index in [4.69, 9.17) is 5.11 Å². The van der Waals surface area contributed by atoms with Crippen molar-refractivity contribution in [2.45, 2.75) is 12.8 Å². The molecule has 0 saturated carbocycles. The summed E-state index contributed by atoms with van der Waals surface area (Å²) in [5, 5.41) is 8.66. The number of anilines is 1. The number of nitrogens with one attached hydrogen (secondary N) is 1. The second kappa shape index (κ2) is 6.96. The lowest BCUT2D eigenvalue weighted by atomic mass is 10.3. The third-order valence-electron chi connectivity index (χ3n) is 2.39. The Bertz CT molecular complexity index is 563. The minimum absolute atomic E-state index is 0.0220. The van der Waals surface area contributed by atoms with Gasteiger partial charge < -0.3 is 9.84 Å². The van der Waals surface area contributed by atoms with Gasteiger partial charge in [0.2, 0.25) is 0 Å². The third kappa shape index (κ3) is 5.78. The zero-order valence-corrected chi connectivity index (χ0v) is 11.9. The average molecular weight is 328 g/mol. The first-order chi connectivity index (χ1) is 9.65. The number of nitrogens with zero attached hydrogens (tertiary/aromatic N) is 1. The van der Waals surface area contributed by atoms with E-state index < -0.39 is 22.3 Å². The Morgan fingerprint density at radius 1 is 1.33 bits per heavy atom. The molecule has 0 amide bonds. The van der Waals surface area contributed by atoms with Gasteiger partial charge in [0.1, 0.15) is 0 Å². The van der Waals surface area contributed by atoms with E-state index in [-0.39, 0.29) is 25.3 Å². The molecule has 0 aliphatic carbocycles. The van der Waals surface area contributed by atoms with Crippen molar-refractivity contribution < 1.29 is 31.4 Å². The van der Waals surface area contributed by atoms with Gasteiger partial charge in [-0.15, -0.1) is 13.2 Å². The Labute approximate surface area is 120 Å². The minimum atomic E-state index is -4.93. The van der Waals surface area contributed by atoms with Crippen LogP contribution in [0.1, 0.15) is 6.42 Å². The average Bonchev–Trinajstić information content (AvgIpc) is 2.36. The van der Waals surface area contributed by atoms with Crippen LogP contribution in [0.3, 0.4) is 0 Å². The number of ether oxygens (including phenoxy) is 1. The molecule has 10 heteroatoms. The number of hydrogen-bond donors (Lipinski definition) is 2. The Morgan fingerprint density at radius 2 is 1.95 bits per heavy atom. The lowest BCUT2D eigenvalue weighted by molar-refractivity contribution is -0.274. The van der Waals surface area contributed by atoms with Crippen LogP contribution < -0.4 is 9.46 Å². The molecule has 0 spiro atoms. The van der Waals surface area contributed by atoms with Gasteiger partial charge in [-0.25, -0.2) is 0 Å². The molecule has 21 heavy (non-hydrogen) atoms. The highest BCUT2D eigenvalue weighted by Gasteiger charge is 2.32. The van der Waals surface area contributed by atoms with Crippen LogP contribution in [0.15, 0.2) is 24.3 Å². The molecule has 1 aromatic carbocycles. The van der Waals surface area contributed by atoms with Crippen molar-refractivity contribution >= 4 is 15.9 Å². The molecule has 1 rings (SSSR count). The summed E-state index contributed by atoms with van der Waals surface area (Å²) in [6, 6.07) is 4.81. The van der Waals surface area contributed by atoms with Crippen molar-refractivity contribution in [3.8, 4) is 5.75 Å². The molecule has 0 bridgehead atoms. The van der Waals surface area contributed by atoms with Crippen molar-refractivity contribution in [3.63, 3.8) is 0 Å². The molecule has 0 aromatic heterocycles. The van der Waals surface area contributed by atoms with Gasteiger partial charge in [-0.2, -0.15) is 12.7 Å². The predicted octanol–water partition coefficient (Wildman–Crippen LogP) is 1.56.